The molecule has 2 heterocycles. The van der Waals surface area contributed by atoms with Crippen LogP contribution in [0.3, 0.4) is 0 Å². The summed E-state index contributed by atoms with van der Waals surface area (Å²) in [5, 5.41) is 19.2. The number of ether oxygens (including phenoxy) is 1. The van der Waals surface area contributed by atoms with Crippen molar-refractivity contribution in [3.05, 3.63) is 54.0 Å². The fourth-order valence-corrected chi connectivity index (χ4v) is 3.25. The second kappa shape index (κ2) is 8.00. The van der Waals surface area contributed by atoms with E-state index >= 15 is 0 Å². The van der Waals surface area contributed by atoms with Gasteiger partial charge in [0.25, 0.3) is 0 Å². The van der Waals surface area contributed by atoms with Gasteiger partial charge in [-0.15, -0.1) is 0 Å². The number of hydrogen-bond donors (Lipinski definition) is 1. The molecule has 5 heteroatoms. The fourth-order valence-electron chi connectivity index (χ4n) is 3.25. The highest BCUT2D eigenvalue weighted by atomic mass is 16.5. The quantitative estimate of drug-likeness (QED) is 0.846. The van der Waals surface area contributed by atoms with Crippen LogP contribution in [0.15, 0.2) is 47.1 Å². The molecule has 1 aliphatic rings. The Bertz CT molecular complexity index is 678. The minimum absolute atomic E-state index is 0.346. The van der Waals surface area contributed by atoms with Gasteiger partial charge in [-0.25, -0.2) is 0 Å². The lowest BCUT2D eigenvalue weighted by Crippen LogP contribution is -2.34. The van der Waals surface area contributed by atoms with Gasteiger partial charge in [-0.1, -0.05) is 6.07 Å². The van der Waals surface area contributed by atoms with E-state index < -0.39 is 6.10 Å². The summed E-state index contributed by atoms with van der Waals surface area (Å²) in [5.41, 5.74) is 0.605. The first kappa shape index (κ1) is 16.6. The zero-order valence-electron chi connectivity index (χ0n) is 13.6. The van der Waals surface area contributed by atoms with E-state index in [4.69, 9.17) is 14.4 Å². The summed E-state index contributed by atoms with van der Waals surface area (Å²) in [5.74, 6) is 1.35. The molecule has 0 radical (unpaired) electrons. The lowest BCUT2D eigenvalue weighted by molar-refractivity contribution is 0.0961. The van der Waals surface area contributed by atoms with Crippen molar-refractivity contribution < 1.29 is 14.3 Å². The van der Waals surface area contributed by atoms with Crippen LogP contribution < -0.4 is 4.74 Å². The molecule has 1 aromatic carbocycles. The van der Waals surface area contributed by atoms with Gasteiger partial charge in [0.05, 0.1) is 17.9 Å². The second-order valence-electron chi connectivity index (χ2n) is 6.09. The maximum atomic E-state index is 10.3. The van der Waals surface area contributed by atoms with Crippen LogP contribution >= 0.6 is 0 Å². The standard InChI is InChI=1S/C19H22N2O3/c20-14-15-4-1-6-17(12-15)23-11-9-21-8-2-5-16(21)13-18(22)19-7-3-10-24-19/h1,3-4,6-7,10,12,16,18,22H,2,5,8-9,11,13H2. The van der Waals surface area contributed by atoms with E-state index in [9.17, 15) is 5.11 Å². The van der Waals surface area contributed by atoms with Crippen LogP contribution in [0.5, 0.6) is 5.75 Å². The number of nitriles is 1. The van der Waals surface area contributed by atoms with Gasteiger partial charge in [-0.2, -0.15) is 5.26 Å². The van der Waals surface area contributed by atoms with Crippen LogP contribution in [0.25, 0.3) is 0 Å². The first-order chi connectivity index (χ1) is 11.8. The molecule has 0 spiro atoms. The highest BCUT2D eigenvalue weighted by Crippen LogP contribution is 2.27. The fraction of sp³-hybridized carbons (Fsp3) is 0.421. The zero-order chi connectivity index (χ0) is 16.8. The van der Waals surface area contributed by atoms with Gasteiger partial charge in [-0.3, -0.25) is 4.90 Å². The van der Waals surface area contributed by atoms with Crippen LogP contribution in [0, 0.1) is 11.3 Å². The van der Waals surface area contributed by atoms with E-state index in [0.717, 1.165) is 31.7 Å². The Kier molecular flexibility index (Phi) is 5.52. The molecule has 2 unspecified atom stereocenters. The number of aliphatic hydroxyl groups is 1. The molecule has 1 fully saturated rings. The SMILES string of the molecule is N#Cc1cccc(OCCN2CCCC2CC(O)c2ccco2)c1. The van der Waals surface area contributed by atoms with Crippen LogP contribution in [0.1, 0.15) is 36.7 Å². The van der Waals surface area contributed by atoms with Gasteiger partial charge in [0.15, 0.2) is 0 Å². The van der Waals surface area contributed by atoms with E-state index in [-0.39, 0.29) is 0 Å². The number of benzene rings is 1. The summed E-state index contributed by atoms with van der Waals surface area (Å²) in [6, 6.07) is 13.3. The van der Waals surface area contributed by atoms with Crippen molar-refractivity contribution in [3.63, 3.8) is 0 Å². The topological polar surface area (TPSA) is 69.6 Å². The number of aliphatic hydroxyl groups excluding tert-OH is 1. The highest BCUT2D eigenvalue weighted by molar-refractivity contribution is 5.36. The monoisotopic (exact) mass is 326 g/mol. The van der Waals surface area contributed by atoms with Crippen molar-refractivity contribution in [1.82, 2.24) is 4.90 Å². The summed E-state index contributed by atoms with van der Waals surface area (Å²) in [4.78, 5) is 2.36. The summed E-state index contributed by atoms with van der Waals surface area (Å²) in [6.07, 6.45) is 3.94. The molecule has 0 amide bonds. The summed E-state index contributed by atoms with van der Waals surface area (Å²) in [7, 11) is 0. The number of furan rings is 1. The number of nitrogens with zero attached hydrogens (tertiary/aromatic N) is 2. The number of likely N-dealkylation sites (tertiary alicyclic amines) is 1. The molecule has 3 rings (SSSR count). The first-order valence-corrected chi connectivity index (χ1v) is 8.35. The molecule has 2 aromatic rings. The van der Waals surface area contributed by atoms with E-state index in [2.05, 4.69) is 11.0 Å². The molecule has 1 aromatic heterocycles. The predicted octanol–water partition coefficient (Wildman–Crippen LogP) is 3.12. The Morgan fingerprint density at radius 3 is 3.08 bits per heavy atom. The number of hydrogen-bond acceptors (Lipinski definition) is 5. The molecule has 1 N–H and O–H groups in total. The smallest absolute Gasteiger partial charge is 0.132 e. The average molecular weight is 326 g/mol. The van der Waals surface area contributed by atoms with Crippen molar-refractivity contribution in [3.8, 4) is 11.8 Å². The van der Waals surface area contributed by atoms with Crippen LogP contribution in [0.2, 0.25) is 0 Å². The van der Waals surface area contributed by atoms with Crippen LogP contribution in [0.4, 0.5) is 0 Å². The minimum Gasteiger partial charge on any atom is -0.492 e. The third-order valence-corrected chi connectivity index (χ3v) is 4.48. The van der Waals surface area contributed by atoms with E-state index in [1.54, 1.807) is 24.5 Å². The highest BCUT2D eigenvalue weighted by Gasteiger charge is 2.27. The van der Waals surface area contributed by atoms with E-state index in [0.29, 0.717) is 30.4 Å². The molecular weight excluding hydrogens is 304 g/mol. The minimum atomic E-state index is -0.557. The van der Waals surface area contributed by atoms with Crippen molar-refractivity contribution >= 4 is 0 Å². The van der Waals surface area contributed by atoms with Gasteiger partial charge in [0.2, 0.25) is 0 Å². The third-order valence-electron chi connectivity index (χ3n) is 4.48. The molecule has 126 valence electrons. The van der Waals surface area contributed by atoms with Gasteiger partial charge in [-0.05, 0) is 56.1 Å². The van der Waals surface area contributed by atoms with Gasteiger partial charge < -0.3 is 14.3 Å². The van der Waals surface area contributed by atoms with Crippen molar-refractivity contribution in [2.45, 2.75) is 31.4 Å². The first-order valence-electron chi connectivity index (χ1n) is 8.35. The lowest BCUT2D eigenvalue weighted by Gasteiger charge is -2.25. The van der Waals surface area contributed by atoms with E-state index in [1.807, 2.05) is 18.2 Å². The maximum absolute atomic E-state index is 10.3. The second-order valence-corrected chi connectivity index (χ2v) is 6.09. The molecular formula is C19H22N2O3. The van der Waals surface area contributed by atoms with Crippen molar-refractivity contribution in [2.24, 2.45) is 0 Å². The van der Waals surface area contributed by atoms with Crippen LogP contribution in [-0.2, 0) is 0 Å². The van der Waals surface area contributed by atoms with Gasteiger partial charge in [0.1, 0.15) is 24.2 Å². The Morgan fingerprint density at radius 1 is 1.38 bits per heavy atom. The summed E-state index contributed by atoms with van der Waals surface area (Å²) >= 11 is 0. The normalized spacial score (nSPS) is 19.1. The summed E-state index contributed by atoms with van der Waals surface area (Å²) < 4.78 is 11.0. The lowest BCUT2D eigenvalue weighted by atomic mass is 10.1. The van der Waals surface area contributed by atoms with Crippen LogP contribution in [-0.4, -0.2) is 35.7 Å². The Hall–Kier alpha value is -2.29. The van der Waals surface area contributed by atoms with Crippen molar-refractivity contribution in [2.75, 3.05) is 19.7 Å². The van der Waals surface area contributed by atoms with E-state index in [1.165, 1.54) is 0 Å². The zero-order valence-corrected chi connectivity index (χ0v) is 13.6. The molecule has 2 atom stereocenters. The predicted molar refractivity (Wildman–Crippen MR) is 89.5 cm³/mol. The Morgan fingerprint density at radius 2 is 2.29 bits per heavy atom. The maximum Gasteiger partial charge on any atom is 0.132 e. The average Bonchev–Trinajstić information content (AvgIpc) is 3.27. The molecule has 0 bridgehead atoms. The molecule has 24 heavy (non-hydrogen) atoms. The molecule has 1 aliphatic heterocycles. The van der Waals surface area contributed by atoms with Crippen molar-refractivity contribution in [1.29, 1.82) is 5.26 Å². The summed E-state index contributed by atoms with van der Waals surface area (Å²) in [6.45, 7) is 2.41. The third kappa shape index (κ3) is 4.16. The largest absolute Gasteiger partial charge is 0.492 e. The molecule has 5 nitrogen and oxygen atoms in total. The molecule has 1 saturated heterocycles. The number of rotatable bonds is 7. The molecule has 0 aliphatic carbocycles. The Balaban J connectivity index is 1.48. The van der Waals surface area contributed by atoms with Gasteiger partial charge in [0, 0.05) is 12.6 Å². The van der Waals surface area contributed by atoms with Gasteiger partial charge >= 0.3 is 0 Å². The Labute approximate surface area is 142 Å². The molecule has 0 saturated carbocycles.